The lowest BCUT2D eigenvalue weighted by Crippen LogP contribution is -2.49. The van der Waals surface area contributed by atoms with Crippen LogP contribution in [0.15, 0.2) is 12.3 Å². The number of amides is 1. The Hall–Kier alpha value is -2.68. The second kappa shape index (κ2) is 7.75. The Morgan fingerprint density at radius 1 is 1.04 bits per heavy atom. The highest BCUT2D eigenvalue weighted by Crippen LogP contribution is 2.22. The van der Waals surface area contributed by atoms with Gasteiger partial charge in [-0.25, -0.2) is 0 Å². The molecule has 0 atom stereocenters. The third-order valence-electron chi connectivity index (χ3n) is 5.62. The zero-order chi connectivity index (χ0) is 19.7. The first kappa shape index (κ1) is 18.7. The molecule has 2 aliphatic rings. The number of piperazine rings is 1. The topological polar surface area (TPSA) is 79.6 Å². The summed E-state index contributed by atoms with van der Waals surface area (Å²) in [6.07, 6.45) is 1.80. The summed E-state index contributed by atoms with van der Waals surface area (Å²) in [7, 11) is 1.87. The molecule has 2 aromatic heterocycles. The molecule has 0 bridgehead atoms. The number of morpholine rings is 1. The summed E-state index contributed by atoms with van der Waals surface area (Å²) in [6.45, 7) is 9.88. The van der Waals surface area contributed by atoms with Crippen molar-refractivity contribution in [1.29, 1.82) is 0 Å². The molecule has 150 valence electrons. The molecule has 0 aromatic carbocycles. The molecule has 0 saturated carbocycles. The zero-order valence-corrected chi connectivity index (χ0v) is 16.8. The van der Waals surface area contributed by atoms with Crippen LogP contribution in [0.5, 0.6) is 0 Å². The van der Waals surface area contributed by atoms with Crippen LogP contribution < -0.4 is 9.80 Å². The number of rotatable bonds is 3. The molecule has 0 radical (unpaired) electrons. The van der Waals surface area contributed by atoms with Crippen molar-refractivity contribution < 1.29 is 9.53 Å². The van der Waals surface area contributed by atoms with Crippen molar-refractivity contribution in [2.75, 3.05) is 62.3 Å². The lowest BCUT2D eigenvalue weighted by Gasteiger charge is -2.36. The molecule has 0 N–H and O–H groups in total. The summed E-state index contributed by atoms with van der Waals surface area (Å²) >= 11 is 0. The van der Waals surface area contributed by atoms with Crippen LogP contribution in [-0.2, 0) is 11.8 Å². The van der Waals surface area contributed by atoms with Gasteiger partial charge < -0.3 is 19.4 Å². The molecule has 0 aliphatic carbocycles. The van der Waals surface area contributed by atoms with Gasteiger partial charge in [0, 0.05) is 58.1 Å². The Morgan fingerprint density at radius 2 is 1.75 bits per heavy atom. The van der Waals surface area contributed by atoms with E-state index in [0.29, 0.717) is 13.1 Å². The highest BCUT2D eigenvalue weighted by Gasteiger charge is 2.27. The fourth-order valence-corrected chi connectivity index (χ4v) is 3.87. The largest absolute Gasteiger partial charge is 0.378 e. The number of nitrogens with zero attached hydrogens (tertiary/aromatic N) is 7. The summed E-state index contributed by atoms with van der Waals surface area (Å²) in [4.78, 5) is 19.4. The average molecular weight is 385 g/mol. The molecular formula is C19H27N7O2. The van der Waals surface area contributed by atoms with E-state index >= 15 is 0 Å². The summed E-state index contributed by atoms with van der Waals surface area (Å²) in [6, 6.07) is 2.09. The molecule has 4 heterocycles. The highest BCUT2D eigenvalue weighted by atomic mass is 16.5. The van der Waals surface area contributed by atoms with Gasteiger partial charge in [-0.15, -0.1) is 5.10 Å². The van der Waals surface area contributed by atoms with Gasteiger partial charge in [0.2, 0.25) is 0 Å². The summed E-state index contributed by atoms with van der Waals surface area (Å²) in [5.41, 5.74) is 3.49. The fraction of sp³-hybridized carbons (Fsp3) is 0.579. The summed E-state index contributed by atoms with van der Waals surface area (Å²) in [5.74, 6) is 0.963. The third kappa shape index (κ3) is 3.54. The van der Waals surface area contributed by atoms with E-state index in [-0.39, 0.29) is 5.91 Å². The Labute approximate surface area is 164 Å². The highest BCUT2D eigenvalue weighted by molar-refractivity contribution is 5.96. The van der Waals surface area contributed by atoms with Crippen LogP contribution in [-0.4, -0.2) is 83.3 Å². The Balaban J connectivity index is 1.42. The molecule has 9 heteroatoms. The molecule has 28 heavy (non-hydrogen) atoms. The van der Waals surface area contributed by atoms with Gasteiger partial charge in [0.05, 0.1) is 36.4 Å². The van der Waals surface area contributed by atoms with E-state index < -0.39 is 0 Å². The minimum Gasteiger partial charge on any atom is -0.378 e. The lowest BCUT2D eigenvalue weighted by molar-refractivity contribution is 0.0745. The van der Waals surface area contributed by atoms with Crippen molar-refractivity contribution in [2.24, 2.45) is 7.05 Å². The van der Waals surface area contributed by atoms with Gasteiger partial charge in [0.15, 0.2) is 5.82 Å². The Kier molecular flexibility index (Phi) is 5.17. The SMILES string of the molecule is Cc1nn(C)c(C)c1C(=O)N1CCN(c2cnnc(N3CCOCC3)c2)CC1. The van der Waals surface area contributed by atoms with E-state index in [1.165, 1.54) is 0 Å². The Bertz CT molecular complexity index is 852. The second-order valence-corrected chi connectivity index (χ2v) is 7.32. The van der Waals surface area contributed by atoms with E-state index in [9.17, 15) is 4.79 Å². The van der Waals surface area contributed by atoms with Crippen LogP contribution in [0.3, 0.4) is 0 Å². The van der Waals surface area contributed by atoms with E-state index in [1.807, 2.05) is 25.8 Å². The minimum absolute atomic E-state index is 0.0737. The van der Waals surface area contributed by atoms with Gasteiger partial charge in [-0.1, -0.05) is 0 Å². The van der Waals surface area contributed by atoms with Crippen LogP contribution in [0.25, 0.3) is 0 Å². The van der Waals surface area contributed by atoms with Gasteiger partial charge >= 0.3 is 0 Å². The van der Waals surface area contributed by atoms with E-state index in [2.05, 4.69) is 31.2 Å². The molecule has 2 aliphatic heterocycles. The van der Waals surface area contributed by atoms with E-state index in [1.54, 1.807) is 10.9 Å². The number of ether oxygens (including phenoxy) is 1. The summed E-state index contributed by atoms with van der Waals surface area (Å²) < 4.78 is 7.19. The third-order valence-corrected chi connectivity index (χ3v) is 5.62. The summed E-state index contributed by atoms with van der Waals surface area (Å²) in [5, 5.41) is 12.9. The monoisotopic (exact) mass is 385 g/mol. The maximum atomic E-state index is 13.0. The van der Waals surface area contributed by atoms with Crippen molar-refractivity contribution in [3.63, 3.8) is 0 Å². The maximum absolute atomic E-state index is 13.0. The molecule has 2 aromatic rings. The van der Waals surface area contributed by atoms with Gasteiger partial charge in [-0.3, -0.25) is 9.48 Å². The number of aryl methyl sites for hydroxylation is 2. The first-order valence-electron chi connectivity index (χ1n) is 9.74. The van der Waals surface area contributed by atoms with Gasteiger partial charge in [0.1, 0.15) is 0 Å². The normalized spacial score (nSPS) is 17.9. The van der Waals surface area contributed by atoms with E-state index in [0.717, 1.165) is 67.8 Å². The smallest absolute Gasteiger partial charge is 0.257 e. The van der Waals surface area contributed by atoms with Gasteiger partial charge in [-0.2, -0.15) is 10.2 Å². The van der Waals surface area contributed by atoms with E-state index in [4.69, 9.17) is 4.74 Å². The van der Waals surface area contributed by atoms with Crippen molar-refractivity contribution in [1.82, 2.24) is 24.9 Å². The minimum atomic E-state index is 0.0737. The quantitative estimate of drug-likeness (QED) is 0.766. The van der Waals surface area contributed by atoms with Gasteiger partial charge in [0.25, 0.3) is 5.91 Å². The average Bonchev–Trinajstić information content (AvgIpc) is 3.00. The molecule has 0 spiro atoms. The predicted octanol–water partition coefficient (Wildman–Crippen LogP) is 0.626. The Morgan fingerprint density at radius 3 is 2.39 bits per heavy atom. The standard InChI is InChI=1S/C19H27N7O2/c1-14-18(15(2)23(3)22-14)19(27)26-6-4-24(5-7-26)16-12-17(21-20-13-16)25-8-10-28-11-9-25/h12-13H,4-11H2,1-3H3. The van der Waals surface area contributed by atoms with Crippen molar-refractivity contribution in [3.05, 3.63) is 29.2 Å². The molecule has 4 rings (SSSR count). The molecule has 9 nitrogen and oxygen atoms in total. The van der Waals surface area contributed by atoms with Crippen LogP contribution in [0, 0.1) is 13.8 Å². The van der Waals surface area contributed by atoms with Crippen LogP contribution >= 0.6 is 0 Å². The molecule has 2 fully saturated rings. The van der Waals surface area contributed by atoms with Crippen LogP contribution in [0.2, 0.25) is 0 Å². The number of carbonyl (C=O) groups is 1. The molecule has 0 unspecified atom stereocenters. The zero-order valence-electron chi connectivity index (χ0n) is 16.8. The van der Waals surface area contributed by atoms with Crippen molar-refractivity contribution in [3.8, 4) is 0 Å². The molecule has 1 amide bonds. The lowest BCUT2D eigenvalue weighted by atomic mass is 10.1. The number of aromatic nitrogens is 4. The number of hydrogen-bond acceptors (Lipinski definition) is 7. The number of anilines is 2. The first-order chi connectivity index (χ1) is 13.5. The second-order valence-electron chi connectivity index (χ2n) is 7.32. The van der Waals surface area contributed by atoms with Crippen LogP contribution in [0.4, 0.5) is 11.5 Å². The predicted molar refractivity (Wildman–Crippen MR) is 106 cm³/mol. The number of hydrogen-bond donors (Lipinski definition) is 0. The molecule has 2 saturated heterocycles. The van der Waals surface area contributed by atoms with Crippen LogP contribution in [0.1, 0.15) is 21.7 Å². The first-order valence-corrected chi connectivity index (χ1v) is 9.74. The molecular weight excluding hydrogens is 358 g/mol. The fourth-order valence-electron chi connectivity index (χ4n) is 3.87. The van der Waals surface area contributed by atoms with Crippen molar-refractivity contribution >= 4 is 17.4 Å². The van der Waals surface area contributed by atoms with Gasteiger partial charge in [-0.05, 0) is 13.8 Å². The number of carbonyl (C=O) groups excluding carboxylic acids is 1. The maximum Gasteiger partial charge on any atom is 0.257 e. The van der Waals surface area contributed by atoms with Crippen molar-refractivity contribution in [2.45, 2.75) is 13.8 Å².